The first-order valence-electron chi connectivity index (χ1n) is 3.80. The van der Waals surface area contributed by atoms with Crippen LogP contribution in [0.3, 0.4) is 0 Å². The van der Waals surface area contributed by atoms with Gasteiger partial charge >= 0.3 is 5.97 Å². The third-order valence-corrected chi connectivity index (χ3v) is 2.46. The molecule has 0 aliphatic rings. The lowest BCUT2D eigenvalue weighted by atomic mass is 10.1. The Bertz CT molecular complexity index is 297. The maximum atomic E-state index is 10.8. The van der Waals surface area contributed by atoms with Crippen LogP contribution in [-0.4, -0.2) is 18.1 Å². The summed E-state index contributed by atoms with van der Waals surface area (Å²) in [6.45, 7) is 0. The molecule has 0 bridgehead atoms. The summed E-state index contributed by atoms with van der Waals surface area (Å²) in [6, 6.07) is 6.80. The molecule has 0 spiro atoms. The molecular weight excluding hydrogens is 281 g/mol. The van der Waals surface area contributed by atoms with Gasteiger partial charge in [0.15, 0.2) is 0 Å². The molecule has 3 nitrogen and oxygen atoms in total. The Labute approximate surface area is 90.3 Å². The van der Waals surface area contributed by atoms with Crippen molar-refractivity contribution in [2.75, 3.05) is 7.05 Å². The van der Waals surface area contributed by atoms with Gasteiger partial charge in [0, 0.05) is 3.57 Å². The highest BCUT2D eigenvalue weighted by Crippen LogP contribution is 2.14. The van der Waals surface area contributed by atoms with Crippen LogP contribution in [0.15, 0.2) is 24.3 Å². The highest BCUT2D eigenvalue weighted by atomic mass is 127. The summed E-state index contributed by atoms with van der Waals surface area (Å²) in [5, 5.41) is 11.6. The fraction of sp³-hybridized carbons (Fsp3) is 0.222. The maximum Gasteiger partial charge on any atom is 0.325 e. The molecule has 0 heterocycles. The molecule has 0 radical (unpaired) electrons. The lowest BCUT2D eigenvalue weighted by molar-refractivity contribution is -0.139. The van der Waals surface area contributed by atoms with Crippen LogP contribution in [0.5, 0.6) is 0 Å². The van der Waals surface area contributed by atoms with Crippen molar-refractivity contribution in [3.8, 4) is 0 Å². The molecule has 4 heteroatoms. The highest BCUT2D eigenvalue weighted by Gasteiger charge is 2.16. The molecular formula is C9H10INO2. The van der Waals surface area contributed by atoms with E-state index in [1.54, 1.807) is 7.05 Å². The monoisotopic (exact) mass is 291 g/mol. The Hall–Kier alpha value is -0.620. The van der Waals surface area contributed by atoms with Crippen LogP contribution in [0.2, 0.25) is 0 Å². The van der Waals surface area contributed by atoms with E-state index >= 15 is 0 Å². The Balaban J connectivity index is 2.92. The van der Waals surface area contributed by atoms with Gasteiger partial charge in [-0.05, 0) is 47.3 Å². The number of hydrogen-bond donors (Lipinski definition) is 2. The number of carboxylic acid groups (broad SMARTS) is 1. The van der Waals surface area contributed by atoms with Gasteiger partial charge in [0.2, 0.25) is 0 Å². The Morgan fingerprint density at radius 3 is 2.38 bits per heavy atom. The minimum atomic E-state index is -0.858. The molecule has 0 aromatic heterocycles. The number of rotatable bonds is 3. The Kier molecular flexibility index (Phi) is 3.68. The van der Waals surface area contributed by atoms with E-state index in [1.807, 2.05) is 24.3 Å². The smallest absolute Gasteiger partial charge is 0.325 e. The lowest BCUT2D eigenvalue weighted by Crippen LogP contribution is -2.24. The largest absolute Gasteiger partial charge is 0.480 e. The number of halogens is 1. The quantitative estimate of drug-likeness (QED) is 0.832. The Morgan fingerprint density at radius 1 is 1.46 bits per heavy atom. The number of nitrogens with one attached hydrogen (secondary N) is 1. The highest BCUT2D eigenvalue weighted by molar-refractivity contribution is 14.1. The fourth-order valence-electron chi connectivity index (χ4n) is 1.09. The first kappa shape index (κ1) is 10.5. The zero-order chi connectivity index (χ0) is 9.84. The van der Waals surface area contributed by atoms with E-state index in [1.165, 1.54) is 0 Å². The van der Waals surface area contributed by atoms with Crippen molar-refractivity contribution < 1.29 is 9.90 Å². The van der Waals surface area contributed by atoms with Gasteiger partial charge in [-0.1, -0.05) is 12.1 Å². The van der Waals surface area contributed by atoms with E-state index < -0.39 is 12.0 Å². The molecule has 0 amide bonds. The number of hydrogen-bond acceptors (Lipinski definition) is 2. The first-order valence-corrected chi connectivity index (χ1v) is 4.88. The van der Waals surface area contributed by atoms with Gasteiger partial charge in [0.25, 0.3) is 0 Å². The topological polar surface area (TPSA) is 49.3 Å². The number of carbonyl (C=O) groups is 1. The molecule has 0 saturated heterocycles. The fourth-order valence-corrected chi connectivity index (χ4v) is 1.45. The zero-order valence-corrected chi connectivity index (χ0v) is 9.28. The van der Waals surface area contributed by atoms with Crippen LogP contribution in [0, 0.1) is 3.57 Å². The molecule has 0 aliphatic heterocycles. The molecule has 0 saturated carbocycles. The lowest BCUT2D eigenvalue weighted by Gasteiger charge is -2.10. The minimum absolute atomic E-state index is 0.614. The second-order valence-electron chi connectivity index (χ2n) is 2.61. The zero-order valence-electron chi connectivity index (χ0n) is 7.12. The normalized spacial score (nSPS) is 12.5. The van der Waals surface area contributed by atoms with E-state index in [2.05, 4.69) is 27.9 Å². The van der Waals surface area contributed by atoms with Gasteiger partial charge in [-0.3, -0.25) is 4.79 Å². The van der Waals surface area contributed by atoms with Crippen LogP contribution in [0.1, 0.15) is 11.6 Å². The van der Waals surface area contributed by atoms with Crippen molar-refractivity contribution in [3.63, 3.8) is 0 Å². The van der Waals surface area contributed by atoms with Crippen LogP contribution in [0.25, 0.3) is 0 Å². The average Bonchev–Trinajstić information content (AvgIpc) is 2.09. The summed E-state index contributed by atoms with van der Waals surface area (Å²) in [4.78, 5) is 10.8. The standard InChI is InChI=1S/C9H10INO2/c1-11-8(9(12)13)6-2-4-7(10)5-3-6/h2-5,8,11H,1H3,(H,12,13)/t8-/m1/s1. The van der Waals surface area contributed by atoms with Crippen molar-refractivity contribution in [2.24, 2.45) is 0 Å². The second-order valence-corrected chi connectivity index (χ2v) is 3.86. The van der Waals surface area contributed by atoms with Crippen LogP contribution < -0.4 is 5.32 Å². The number of carboxylic acids is 1. The third kappa shape index (κ3) is 2.67. The van der Waals surface area contributed by atoms with Gasteiger partial charge in [-0.2, -0.15) is 0 Å². The van der Waals surface area contributed by atoms with Crippen molar-refractivity contribution >= 4 is 28.6 Å². The molecule has 0 unspecified atom stereocenters. The molecule has 0 aliphatic carbocycles. The van der Waals surface area contributed by atoms with E-state index in [9.17, 15) is 4.79 Å². The number of benzene rings is 1. The molecule has 1 aromatic carbocycles. The van der Waals surface area contributed by atoms with Crippen molar-refractivity contribution in [3.05, 3.63) is 33.4 Å². The van der Waals surface area contributed by atoms with Crippen LogP contribution >= 0.6 is 22.6 Å². The van der Waals surface area contributed by atoms with Crippen molar-refractivity contribution in [1.82, 2.24) is 5.32 Å². The van der Waals surface area contributed by atoms with Crippen LogP contribution in [0.4, 0.5) is 0 Å². The van der Waals surface area contributed by atoms with Crippen molar-refractivity contribution in [1.29, 1.82) is 0 Å². The van der Waals surface area contributed by atoms with Crippen LogP contribution in [-0.2, 0) is 4.79 Å². The summed E-state index contributed by atoms with van der Waals surface area (Å²) >= 11 is 2.18. The summed E-state index contributed by atoms with van der Waals surface area (Å²) < 4.78 is 1.10. The molecule has 1 rings (SSSR count). The summed E-state index contributed by atoms with van der Waals surface area (Å²) in [7, 11) is 1.64. The number of aliphatic carboxylic acids is 1. The predicted molar refractivity (Wildman–Crippen MR) is 58.6 cm³/mol. The minimum Gasteiger partial charge on any atom is -0.480 e. The van der Waals surface area contributed by atoms with E-state index in [0.717, 1.165) is 9.13 Å². The molecule has 0 fully saturated rings. The number of likely N-dealkylation sites (N-methyl/N-ethyl adjacent to an activating group) is 1. The maximum absolute atomic E-state index is 10.8. The molecule has 70 valence electrons. The van der Waals surface area contributed by atoms with Gasteiger partial charge in [0.05, 0.1) is 0 Å². The average molecular weight is 291 g/mol. The molecule has 13 heavy (non-hydrogen) atoms. The third-order valence-electron chi connectivity index (χ3n) is 1.74. The summed E-state index contributed by atoms with van der Waals surface area (Å²) in [5.41, 5.74) is 0.774. The molecule has 1 atom stereocenters. The molecule has 1 aromatic rings. The first-order chi connectivity index (χ1) is 6.15. The Morgan fingerprint density at radius 2 is 2.00 bits per heavy atom. The SMILES string of the molecule is CN[C@@H](C(=O)O)c1ccc(I)cc1. The summed E-state index contributed by atoms with van der Waals surface area (Å²) in [5.74, 6) is -0.858. The van der Waals surface area contributed by atoms with E-state index in [-0.39, 0.29) is 0 Å². The predicted octanol–water partition coefficient (Wildman–Crippen LogP) is 1.64. The summed E-state index contributed by atoms with van der Waals surface area (Å²) in [6.07, 6.45) is 0. The van der Waals surface area contributed by atoms with E-state index in [4.69, 9.17) is 5.11 Å². The van der Waals surface area contributed by atoms with Gasteiger partial charge in [-0.15, -0.1) is 0 Å². The molecule has 2 N–H and O–H groups in total. The second kappa shape index (κ2) is 4.57. The van der Waals surface area contributed by atoms with E-state index in [0.29, 0.717) is 0 Å². The van der Waals surface area contributed by atoms with Gasteiger partial charge in [0.1, 0.15) is 6.04 Å². The van der Waals surface area contributed by atoms with Crippen molar-refractivity contribution in [2.45, 2.75) is 6.04 Å². The van der Waals surface area contributed by atoms with Gasteiger partial charge in [-0.25, -0.2) is 0 Å². The van der Waals surface area contributed by atoms with Gasteiger partial charge < -0.3 is 10.4 Å².